The minimum absolute atomic E-state index is 0.0793. The van der Waals surface area contributed by atoms with Gasteiger partial charge in [-0.1, -0.05) is 48.5 Å². The first-order valence-electron chi connectivity index (χ1n) is 11.9. The number of rotatable bonds is 5. The summed E-state index contributed by atoms with van der Waals surface area (Å²) in [6.45, 7) is 1.29. The topological polar surface area (TPSA) is 37.3 Å². The van der Waals surface area contributed by atoms with Crippen molar-refractivity contribution in [3.05, 3.63) is 60.2 Å². The van der Waals surface area contributed by atoms with Gasteiger partial charge < -0.3 is 9.88 Å². The van der Waals surface area contributed by atoms with E-state index >= 15 is 0 Å². The maximum absolute atomic E-state index is 13.7. The number of hydrogen-bond acceptors (Lipinski definition) is 2. The summed E-state index contributed by atoms with van der Waals surface area (Å²) in [5.41, 5.74) is 4.02. The van der Waals surface area contributed by atoms with Gasteiger partial charge in [-0.05, 0) is 56.1 Å². The van der Waals surface area contributed by atoms with Gasteiger partial charge in [0.25, 0.3) is 5.91 Å². The van der Waals surface area contributed by atoms with Gasteiger partial charge in [-0.15, -0.1) is 0 Å². The van der Waals surface area contributed by atoms with E-state index in [0.717, 1.165) is 46.5 Å². The molecule has 0 spiro atoms. The minimum Gasteiger partial charge on any atom is -0.349 e. The molecular formula is C27H31N3O. The summed E-state index contributed by atoms with van der Waals surface area (Å²) in [5.74, 6) is 1.02. The van der Waals surface area contributed by atoms with Crippen molar-refractivity contribution in [2.24, 2.45) is 13.0 Å². The highest BCUT2D eigenvalue weighted by Gasteiger charge is 2.43. The van der Waals surface area contributed by atoms with Crippen LogP contribution < -0.4 is 5.32 Å². The maximum atomic E-state index is 13.7. The summed E-state index contributed by atoms with van der Waals surface area (Å²) in [6.07, 6.45) is 7.63. The molecule has 1 saturated carbocycles. The molecule has 2 atom stereocenters. The Hall–Kier alpha value is -2.59. The zero-order valence-corrected chi connectivity index (χ0v) is 18.3. The standard InChI is InChI=1S/C27H31N3O/c1-29-24-10-6-5-9-23(24)25(26(29)19-7-3-2-4-8-19)27(31)28-20-15-21-13-14-22(16-20)30(21)17-18-11-12-18/h2-10,18,20-22H,11-17H2,1H3,(H,28,31). The number of aromatic nitrogens is 1. The number of benzene rings is 2. The fourth-order valence-corrected chi connectivity index (χ4v) is 6.10. The number of nitrogens with one attached hydrogen (secondary N) is 1. The summed E-state index contributed by atoms with van der Waals surface area (Å²) in [4.78, 5) is 16.5. The number of carbonyl (C=O) groups excluding carboxylic acids is 1. The van der Waals surface area contributed by atoms with Crippen molar-refractivity contribution >= 4 is 16.8 Å². The van der Waals surface area contributed by atoms with Crippen molar-refractivity contribution in [2.45, 2.75) is 56.7 Å². The van der Waals surface area contributed by atoms with E-state index in [1.54, 1.807) is 0 Å². The lowest BCUT2D eigenvalue weighted by molar-refractivity contribution is 0.0836. The fraction of sp³-hybridized carbons (Fsp3) is 0.444. The van der Waals surface area contributed by atoms with E-state index in [-0.39, 0.29) is 11.9 Å². The number of para-hydroxylation sites is 1. The van der Waals surface area contributed by atoms with Crippen molar-refractivity contribution < 1.29 is 4.79 Å². The largest absolute Gasteiger partial charge is 0.349 e. The normalized spacial score (nSPS) is 25.8. The Kier molecular flexibility index (Phi) is 4.64. The van der Waals surface area contributed by atoms with E-state index in [4.69, 9.17) is 0 Å². The van der Waals surface area contributed by atoms with Crippen LogP contribution in [-0.4, -0.2) is 40.0 Å². The Bertz CT molecular complexity index is 1100. The lowest BCUT2D eigenvalue weighted by Crippen LogP contribution is -2.50. The molecule has 1 aliphatic carbocycles. The molecule has 0 radical (unpaired) electrons. The van der Waals surface area contributed by atoms with E-state index in [0.29, 0.717) is 12.1 Å². The van der Waals surface area contributed by atoms with Crippen molar-refractivity contribution in [1.82, 2.24) is 14.8 Å². The van der Waals surface area contributed by atoms with Gasteiger partial charge in [-0.2, -0.15) is 0 Å². The molecule has 1 N–H and O–H groups in total. The first-order valence-corrected chi connectivity index (χ1v) is 11.9. The van der Waals surface area contributed by atoms with Gasteiger partial charge in [0.15, 0.2) is 0 Å². The summed E-state index contributed by atoms with van der Waals surface area (Å²) in [5, 5.41) is 4.50. The number of hydrogen-bond donors (Lipinski definition) is 1. The van der Waals surface area contributed by atoms with Gasteiger partial charge in [0.1, 0.15) is 0 Å². The van der Waals surface area contributed by atoms with Crippen LogP contribution >= 0.6 is 0 Å². The average Bonchev–Trinajstić information content (AvgIpc) is 3.51. The predicted molar refractivity (Wildman–Crippen MR) is 125 cm³/mol. The molecule has 2 bridgehead atoms. The number of aryl methyl sites for hydroxylation is 1. The number of carbonyl (C=O) groups is 1. The molecule has 2 aromatic carbocycles. The molecule has 3 fully saturated rings. The third-order valence-electron chi connectivity index (χ3n) is 7.77. The van der Waals surface area contributed by atoms with Crippen LogP contribution in [0.1, 0.15) is 48.9 Å². The maximum Gasteiger partial charge on any atom is 0.254 e. The second kappa shape index (κ2) is 7.52. The van der Waals surface area contributed by atoms with E-state index in [1.807, 2.05) is 30.3 Å². The van der Waals surface area contributed by atoms with Gasteiger partial charge in [0.2, 0.25) is 0 Å². The van der Waals surface area contributed by atoms with Crippen LogP contribution in [-0.2, 0) is 7.05 Å². The van der Waals surface area contributed by atoms with Crippen molar-refractivity contribution in [3.8, 4) is 11.3 Å². The summed E-state index contributed by atoms with van der Waals surface area (Å²) in [6, 6.07) is 20.2. The van der Waals surface area contributed by atoms with Gasteiger partial charge in [0, 0.05) is 42.6 Å². The van der Waals surface area contributed by atoms with Gasteiger partial charge >= 0.3 is 0 Å². The van der Waals surface area contributed by atoms with E-state index in [1.165, 1.54) is 32.2 Å². The Labute approximate surface area is 184 Å². The van der Waals surface area contributed by atoms with Gasteiger partial charge in [-0.3, -0.25) is 9.69 Å². The third kappa shape index (κ3) is 3.38. The highest BCUT2D eigenvalue weighted by molar-refractivity contribution is 6.12. The lowest BCUT2D eigenvalue weighted by Gasteiger charge is -2.39. The van der Waals surface area contributed by atoms with Crippen molar-refractivity contribution in [1.29, 1.82) is 0 Å². The smallest absolute Gasteiger partial charge is 0.254 e. The first kappa shape index (κ1) is 19.1. The minimum atomic E-state index is 0.0793. The van der Waals surface area contributed by atoms with E-state index in [2.05, 4.69) is 46.1 Å². The molecule has 31 heavy (non-hydrogen) atoms. The second-order valence-electron chi connectivity index (χ2n) is 9.83. The molecule has 3 heterocycles. The first-order chi connectivity index (χ1) is 15.2. The molecule has 160 valence electrons. The van der Waals surface area contributed by atoms with Gasteiger partial charge in [-0.25, -0.2) is 0 Å². The Morgan fingerprint density at radius 3 is 2.32 bits per heavy atom. The molecule has 2 aliphatic heterocycles. The van der Waals surface area contributed by atoms with Crippen LogP contribution in [0.2, 0.25) is 0 Å². The zero-order valence-electron chi connectivity index (χ0n) is 18.3. The Morgan fingerprint density at radius 1 is 0.935 bits per heavy atom. The third-order valence-corrected chi connectivity index (χ3v) is 7.77. The van der Waals surface area contributed by atoms with Crippen molar-refractivity contribution in [2.75, 3.05) is 6.54 Å². The van der Waals surface area contributed by atoms with E-state index < -0.39 is 0 Å². The molecule has 2 saturated heterocycles. The van der Waals surface area contributed by atoms with Crippen LogP contribution in [0.4, 0.5) is 0 Å². The highest BCUT2D eigenvalue weighted by atomic mass is 16.1. The van der Waals surface area contributed by atoms with Crippen LogP contribution in [0, 0.1) is 5.92 Å². The molecule has 3 aliphatic rings. The summed E-state index contributed by atoms with van der Waals surface area (Å²) >= 11 is 0. The second-order valence-corrected chi connectivity index (χ2v) is 9.83. The van der Waals surface area contributed by atoms with Crippen LogP contribution in [0.5, 0.6) is 0 Å². The quantitative estimate of drug-likeness (QED) is 0.640. The number of nitrogens with zero attached hydrogens (tertiary/aromatic N) is 2. The fourth-order valence-electron chi connectivity index (χ4n) is 6.10. The number of fused-ring (bicyclic) bond motifs is 3. The Balaban J connectivity index is 1.30. The van der Waals surface area contributed by atoms with Crippen LogP contribution in [0.15, 0.2) is 54.6 Å². The zero-order chi connectivity index (χ0) is 20.9. The molecule has 4 nitrogen and oxygen atoms in total. The monoisotopic (exact) mass is 413 g/mol. The molecule has 1 aromatic heterocycles. The van der Waals surface area contributed by atoms with Gasteiger partial charge in [0.05, 0.1) is 11.3 Å². The lowest BCUT2D eigenvalue weighted by atomic mass is 9.96. The SMILES string of the molecule is Cn1c(-c2ccccc2)c(C(=O)NC2CC3CCC(C2)N3CC2CC2)c2ccccc21. The molecule has 1 amide bonds. The van der Waals surface area contributed by atoms with Crippen LogP contribution in [0.25, 0.3) is 22.2 Å². The average molecular weight is 414 g/mol. The molecule has 2 unspecified atom stereocenters. The summed E-state index contributed by atoms with van der Waals surface area (Å²) in [7, 11) is 2.07. The molecular weight excluding hydrogens is 382 g/mol. The molecule has 6 rings (SSSR count). The molecule has 3 aromatic rings. The predicted octanol–water partition coefficient (Wildman–Crippen LogP) is 4.98. The number of piperidine rings is 1. The highest BCUT2D eigenvalue weighted by Crippen LogP contribution is 2.40. The van der Waals surface area contributed by atoms with E-state index in [9.17, 15) is 4.79 Å². The number of amides is 1. The molecule has 4 heteroatoms. The van der Waals surface area contributed by atoms with Crippen LogP contribution in [0.3, 0.4) is 0 Å². The summed E-state index contributed by atoms with van der Waals surface area (Å²) < 4.78 is 2.17. The van der Waals surface area contributed by atoms with Crippen molar-refractivity contribution in [3.63, 3.8) is 0 Å². The Morgan fingerprint density at radius 2 is 1.61 bits per heavy atom.